The summed E-state index contributed by atoms with van der Waals surface area (Å²) in [4.78, 5) is 46.9. The molecular weight excluding hydrogens is 434 g/mol. The summed E-state index contributed by atoms with van der Waals surface area (Å²) in [6, 6.07) is 4.53. The van der Waals surface area contributed by atoms with Gasteiger partial charge in [0.2, 0.25) is 0 Å². The molecule has 2 aliphatic heterocycles. The van der Waals surface area contributed by atoms with Gasteiger partial charge in [-0.1, -0.05) is 25.7 Å². The van der Waals surface area contributed by atoms with E-state index >= 15 is 0 Å². The summed E-state index contributed by atoms with van der Waals surface area (Å²) < 4.78 is 6.92. The van der Waals surface area contributed by atoms with E-state index in [1.807, 2.05) is 17.6 Å². The van der Waals surface area contributed by atoms with Crippen molar-refractivity contribution in [2.24, 2.45) is 0 Å². The third kappa shape index (κ3) is 5.46. The third-order valence-electron chi connectivity index (χ3n) is 6.49. The molecular formula is C25H33N5O4. The zero-order chi connectivity index (χ0) is 24.1. The summed E-state index contributed by atoms with van der Waals surface area (Å²) in [5.41, 5.74) is 2.66. The molecule has 0 aromatic heterocycles. The number of unbranched alkanes of at least 4 members (excludes halogenated alkanes) is 3. The van der Waals surface area contributed by atoms with Crippen LogP contribution >= 0.6 is 0 Å². The van der Waals surface area contributed by atoms with Crippen LogP contribution in [0.4, 0.5) is 5.69 Å². The Bertz CT molecular complexity index is 1240. The van der Waals surface area contributed by atoms with Gasteiger partial charge >= 0.3 is 11.7 Å². The van der Waals surface area contributed by atoms with Crippen molar-refractivity contribution in [3.8, 4) is 11.5 Å². The van der Waals surface area contributed by atoms with Gasteiger partial charge in [0.25, 0.3) is 5.56 Å². The summed E-state index contributed by atoms with van der Waals surface area (Å²) in [5, 5.41) is 3.67. The normalized spacial score (nSPS) is 14.2. The van der Waals surface area contributed by atoms with E-state index in [4.69, 9.17) is 4.74 Å². The lowest BCUT2D eigenvalue weighted by molar-refractivity contribution is -0.143. The molecule has 3 aliphatic rings. The number of anilines is 1. The zero-order valence-corrected chi connectivity index (χ0v) is 20.0. The van der Waals surface area contributed by atoms with E-state index < -0.39 is 11.2 Å². The summed E-state index contributed by atoms with van der Waals surface area (Å²) in [7, 11) is 0. The minimum atomic E-state index is -0.668. The van der Waals surface area contributed by atoms with Gasteiger partial charge in [-0.05, 0) is 57.2 Å². The molecule has 1 aromatic rings. The maximum absolute atomic E-state index is 12.5. The standard InChI is InChI=1S/C25H33N5O4/c1-3-34-21(31)12-6-4-5-9-13-30-20-15-18(26-17-10-7-8-11-17)16(2)14-19(20)27-22-23(30)28-25(33)29-24(22)32/h14-15,17,26H,3-13H2,1-2H3,(H,29,32,33). The molecule has 0 atom stereocenters. The predicted octanol–water partition coefficient (Wildman–Crippen LogP) is 3.76. The van der Waals surface area contributed by atoms with Crippen LogP contribution in [0.5, 0.6) is 0 Å². The lowest BCUT2D eigenvalue weighted by Gasteiger charge is -2.20. The topological polar surface area (TPSA) is 119 Å². The number of aromatic amines is 1. The molecule has 0 saturated heterocycles. The highest BCUT2D eigenvalue weighted by Crippen LogP contribution is 2.29. The van der Waals surface area contributed by atoms with Crippen LogP contribution in [0.2, 0.25) is 0 Å². The van der Waals surface area contributed by atoms with Gasteiger partial charge in [-0.25, -0.2) is 9.78 Å². The van der Waals surface area contributed by atoms with Gasteiger partial charge in [0.15, 0.2) is 11.5 Å². The summed E-state index contributed by atoms with van der Waals surface area (Å²) in [6.45, 7) is 4.85. The maximum atomic E-state index is 12.5. The Hall–Kier alpha value is -3.23. The number of esters is 1. The Labute approximate surface area is 198 Å². The number of H-pyrrole nitrogens is 1. The Morgan fingerprint density at radius 3 is 2.68 bits per heavy atom. The highest BCUT2D eigenvalue weighted by Gasteiger charge is 2.21. The number of carbonyl (C=O) groups excluding carboxylic acids is 1. The zero-order valence-electron chi connectivity index (χ0n) is 20.0. The highest BCUT2D eigenvalue weighted by atomic mass is 16.5. The van der Waals surface area contributed by atoms with Crippen LogP contribution < -0.4 is 16.6 Å². The van der Waals surface area contributed by atoms with Crippen LogP contribution in [-0.4, -0.2) is 38.1 Å². The first kappa shape index (κ1) is 23.9. The van der Waals surface area contributed by atoms with Crippen molar-refractivity contribution in [3.05, 3.63) is 38.5 Å². The second-order valence-electron chi connectivity index (χ2n) is 9.06. The first-order chi connectivity index (χ1) is 16.5. The van der Waals surface area contributed by atoms with Crippen LogP contribution in [0, 0.1) is 6.92 Å². The Balaban J connectivity index is 1.61. The van der Waals surface area contributed by atoms with Crippen molar-refractivity contribution in [1.82, 2.24) is 19.5 Å². The number of hydrogen-bond donors (Lipinski definition) is 2. The number of aryl methyl sites for hydroxylation is 2. The van der Waals surface area contributed by atoms with Crippen LogP contribution in [-0.2, 0) is 16.1 Å². The quantitative estimate of drug-likeness (QED) is 0.265. The molecule has 0 spiro atoms. The van der Waals surface area contributed by atoms with Crippen LogP contribution in [0.3, 0.4) is 0 Å². The van der Waals surface area contributed by atoms with Crippen LogP contribution in [0.25, 0.3) is 22.6 Å². The number of nitrogens with zero attached hydrogens (tertiary/aromatic N) is 3. The molecule has 1 fully saturated rings. The number of hydrogen-bond acceptors (Lipinski definition) is 7. The minimum absolute atomic E-state index is 0.160. The molecule has 9 nitrogen and oxygen atoms in total. The van der Waals surface area contributed by atoms with Gasteiger partial charge in [-0.3, -0.25) is 14.6 Å². The highest BCUT2D eigenvalue weighted by molar-refractivity contribution is 5.84. The van der Waals surface area contributed by atoms with Crippen LogP contribution in [0.15, 0.2) is 21.7 Å². The fourth-order valence-electron chi connectivity index (χ4n) is 4.74. The van der Waals surface area contributed by atoms with Crippen LogP contribution in [0.1, 0.15) is 70.3 Å². The van der Waals surface area contributed by atoms with E-state index in [1.165, 1.54) is 12.8 Å². The Morgan fingerprint density at radius 2 is 1.91 bits per heavy atom. The Morgan fingerprint density at radius 1 is 1.15 bits per heavy atom. The molecule has 0 unspecified atom stereocenters. The van der Waals surface area contributed by atoms with E-state index in [0.29, 0.717) is 37.0 Å². The number of fused-ring (bicyclic) bond motifs is 2. The molecule has 1 aliphatic carbocycles. The van der Waals surface area contributed by atoms with Crippen molar-refractivity contribution < 1.29 is 9.53 Å². The van der Waals surface area contributed by atoms with E-state index in [9.17, 15) is 14.4 Å². The van der Waals surface area contributed by atoms with Gasteiger partial charge in [-0.15, -0.1) is 0 Å². The van der Waals surface area contributed by atoms with Gasteiger partial charge in [0.05, 0.1) is 17.6 Å². The first-order valence-electron chi connectivity index (χ1n) is 12.3. The first-order valence-corrected chi connectivity index (χ1v) is 12.3. The van der Waals surface area contributed by atoms with E-state index in [0.717, 1.165) is 55.3 Å². The summed E-state index contributed by atoms with van der Waals surface area (Å²) in [6.07, 6.45) is 8.64. The lowest BCUT2D eigenvalue weighted by Crippen LogP contribution is -2.29. The van der Waals surface area contributed by atoms with E-state index in [2.05, 4.69) is 26.3 Å². The summed E-state index contributed by atoms with van der Waals surface area (Å²) in [5.74, 6) is 0.149. The molecule has 2 heterocycles. The largest absolute Gasteiger partial charge is 0.466 e. The van der Waals surface area contributed by atoms with Crippen molar-refractivity contribution in [2.75, 3.05) is 11.9 Å². The van der Waals surface area contributed by atoms with Crippen molar-refractivity contribution >= 4 is 22.7 Å². The number of aromatic nitrogens is 4. The SMILES string of the molecule is CCOC(=O)CCCCCCn1c2nc(=O)[nH]c(=O)c-2nc2cc(C)c(NC3CCCC3)cc21. The smallest absolute Gasteiger partial charge is 0.349 e. The fraction of sp³-hybridized carbons (Fsp3) is 0.560. The van der Waals surface area contributed by atoms with Crippen molar-refractivity contribution in [1.29, 1.82) is 0 Å². The van der Waals surface area contributed by atoms with Gasteiger partial charge in [-0.2, -0.15) is 4.98 Å². The van der Waals surface area contributed by atoms with E-state index in [1.54, 1.807) is 6.92 Å². The molecule has 0 bridgehead atoms. The van der Waals surface area contributed by atoms with Crippen molar-refractivity contribution in [2.45, 2.75) is 84.2 Å². The number of rotatable bonds is 10. The Kier molecular flexibility index (Phi) is 7.59. The monoisotopic (exact) mass is 467 g/mol. The molecule has 2 N–H and O–H groups in total. The minimum Gasteiger partial charge on any atom is -0.466 e. The molecule has 4 rings (SSSR count). The van der Waals surface area contributed by atoms with Gasteiger partial charge in [0, 0.05) is 24.7 Å². The maximum Gasteiger partial charge on any atom is 0.349 e. The summed E-state index contributed by atoms with van der Waals surface area (Å²) >= 11 is 0. The lowest BCUT2D eigenvalue weighted by atomic mass is 10.1. The number of carbonyl (C=O) groups is 1. The van der Waals surface area contributed by atoms with Gasteiger partial charge < -0.3 is 14.6 Å². The molecule has 0 amide bonds. The molecule has 9 heteroatoms. The molecule has 182 valence electrons. The number of ether oxygens (including phenoxy) is 1. The number of nitrogens with one attached hydrogen (secondary N) is 2. The molecule has 34 heavy (non-hydrogen) atoms. The third-order valence-corrected chi connectivity index (χ3v) is 6.49. The molecule has 1 aromatic carbocycles. The van der Waals surface area contributed by atoms with Crippen molar-refractivity contribution in [3.63, 3.8) is 0 Å². The molecule has 0 radical (unpaired) electrons. The number of benzene rings is 1. The average Bonchev–Trinajstić information content (AvgIpc) is 3.30. The average molecular weight is 468 g/mol. The van der Waals surface area contributed by atoms with Gasteiger partial charge in [0.1, 0.15) is 0 Å². The van der Waals surface area contributed by atoms with E-state index in [-0.39, 0.29) is 11.7 Å². The fourth-order valence-corrected chi connectivity index (χ4v) is 4.74. The molecule has 1 saturated carbocycles. The second-order valence-corrected chi connectivity index (χ2v) is 9.06. The second kappa shape index (κ2) is 10.8. The predicted molar refractivity (Wildman–Crippen MR) is 131 cm³/mol.